The lowest BCUT2D eigenvalue weighted by atomic mass is 9.87. The molecule has 53 heavy (non-hydrogen) atoms. The predicted octanol–water partition coefficient (Wildman–Crippen LogP) is 9.45. The van der Waals surface area contributed by atoms with Gasteiger partial charge in [0.05, 0.1) is 44.7 Å². The molecule has 0 spiro atoms. The summed E-state index contributed by atoms with van der Waals surface area (Å²) in [5.41, 5.74) is 3.09. The fraction of sp³-hybridized carbons (Fsp3) is 0.568. The fourth-order valence-electron chi connectivity index (χ4n) is 6.42. The van der Waals surface area contributed by atoms with E-state index in [-0.39, 0.29) is 35.4 Å². The van der Waals surface area contributed by atoms with Gasteiger partial charge in [-0.2, -0.15) is 0 Å². The third-order valence-electron chi connectivity index (χ3n) is 10.8. The van der Waals surface area contributed by atoms with Crippen molar-refractivity contribution >= 4 is 14.1 Å². The predicted molar refractivity (Wildman–Crippen MR) is 212 cm³/mol. The van der Waals surface area contributed by atoms with Gasteiger partial charge in [0.1, 0.15) is 11.5 Å². The number of hydrogen-bond donors (Lipinski definition) is 1. The molecule has 0 aromatic heterocycles. The molecule has 9 heteroatoms. The Morgan fingerprint density at radius 2 is 1.51 bits per heavy atom. The highest BCUT2D eigenvalue weighted by molar-refractivity contribution is 6.74. The highest BCUT2D eigenvalue weighted by atomic mass is 28.4. The largest absolute Gasteiger partial charge is 0.497 e. The smallest absolute Gasteiger partial charge is 0.191 e. The Labute approximate surface area is 319 Å². The van der Waals surface area contributed by atoms with Gasteiger partial charge in [0.2, 0.25) is 0 Å². The van der Waals surface area contributed by atoms with Crippen molar-refractivity contribution in [2.45, 2.75) is 129 Å². The van der Waals surface area contributed by atoms with Crippen LogP contribution < -0.4 is 4.74 Å². The van der Waals surface area contributed by atoms with Gasteiger partial charge in [0.25, 0.3) is 0 Å². The molecule has 0 unspecified atom stereocenters. The van der Waals surface area contributed by atoms with Crippen LogP contribution in [0.25, 0.3) is 0 Å². The van der Waals surface area contributed by atoms with Gasteiger partial charge >= 0.3 is 0 Å². The molecule has 292 valence electrons. The number of Topliss-reactive ketones (excluding diaryl/α,β-unsaturated/α-hetero) is 1. The standard InChI is InChI=1S/C44H64O8Si/c1-32(29-50-53(7,8)44(3,4)5)42(49-31-35-21-23-38(47-6)24-22-35)33(2)41(46)27-37(45)26-40-28-39(51-43(52-40)36-18-13-10-14-19-36)20-15-25-48-30-34-16-11-9-12-17-34/h9-14,16-19,21-24,32-33,37,39-40,42-43,45H,15,20,25-31H2,1-8H3/t32-,33-,37-,39+,40-,42-,43+/m1/s1. The minimum Gasteiger partial charge on any atom is -0.497 e. The lowest BCUT2D eigenvalue weighted by Gasteiger charge is -2.38. The third-order valence-corrected chi connectivity index (χ3v) is 15.3. The second-order valence-electron chi connectivity index (χ2n) is 16.2. The normalized spacial score (nSPS) is 20.4. The van der Waals surface area contributed by atoms with E-state index < -0.39 is 32.7 Å². The highest BCUT2D eigenvalue weighted by Crippen LogP contribution is 2.38. The summed E-state index contributed by atoms with van der Waals surface area (Å²) in [6.45, 7) is 17.2. The maximum atomic E-state index is 13.9. The summed E-state index contributed by atoms with van der Waals surface area (Å²) in [7, 11) is -0.368. The van der Waals surface area contributed by atoms with Crippen LogP contribution in [0, 0.1) is 11.8 Å². The lowest BCUT2D eigenvalue weighted by Crippen LogP contribution is -2.44. The van der Waals surface area contributed by atoms with Crippen LogP contribution in [0.4, 0.5) is 0 Å². The minimum absolute atomic E-state index is 0.0219. The molecule has 0 bridgehead atoms. The van der Waals surface area contributed by atoms with Crippen molar-refractivity contribution in [3.05, 3.63) is 102 Å². The Morgan fingerprint density at radius 3 is 2.15 bits per heavy atom. The molecular weight excluding hydrogens is 685 g/mol. The number of hydrogen-bond acceptors (Lipinski definition) is 8. The van der Waals surface area contributed by atoms with E-state index in [0.717, 1.165) is 35.3 Å². The maximum absolute atomic E-state index is 13.9. The van der Waals surface area contributed by atoms with Gasteiger partial charge < -0.3 is 33.2 Å². The molecule has 1 heterocycles. The molecule has 0 radical (unpaired) electrons. The monoisotopic (exact) mass is 748 g/mol. The summed E-state index contributed by atoms with van der Waals surface area (Å²) in [4.78, 5) is 13.9. The van der Waals surface area contributed by atoms with Crippen LogP contribution in [-0.4, -0.2) is 63.9 Å². The van der Waals surface area contributed by atoms with Gasteiger partial charge in [-0.3, -0.25) is 4.79 Å². The molecule has 3 aromatic rings. The van der Waals surface area contributed by atoms with E-state index >= 15 is 0 Å². The number of aliphatic hydroxyl groups is 1. The van der Waals surface area contributed by atoms with Gasteiger partial charge in [-0.25, -0.2) is 0 Å². The molecule has 3 aromatic carbocycles. The van der Waals surface area contributed by atoms with Crippen LogP contribution in [0.5, 0.6) is 5.75 Å². The topological polar surface area (TPSA) is 92.7 Å². The maximum Gasteiger partial charge on any atom is 0.191 e. The number of carbonyl (C=O) groups is 1. The molecule has 0 aliphatic carbocycles. The summed E-state index contributed by atoms with van der Waals surface area (Å²) in [6, 6.07) is 27.8. The van der Waals surface area contributed by atoms with Crippen molar-refractivity contribution in [2.75, 3.05) is 20.3 Å². The Balaban J connectivity index is 1.37. The Kier molecular flexibility index (Phi) is 16.7. The van der Waals surface area contributed by atoms with Crippen molar-refractivity contribution in [3.63, 3.8) is 0 Å². The van der Waals surface area contributed by atoms with Gasteiger partial charge in [0.15, 0.2) is 14.6 Å². The zero-order chi connectivity index (χ0) is 38.4. The lowest BCUT2D eigenvalue weighted by molar-refractivity contribution is -0.253. The number of ether oxygens (including phenoxy) is 5. The van der Waals surface area contributed by atoms with E-state index in [9.17, 15) is 9.90 Å². The Bertz CT molecular complexity index is 1480. The van der Waals surface area contributed by atoms with Gasteiger partial charge in [0, 0.05) is 49.9 Å². The molecule has 1 N–H and O–H groups in total. The van der Waals surface area contributed by atoms with Crippen molar-refractivity contribution < 1.29 is 38.0 Å². The molecule has 1 fully saturated rings. The summed E-state index contributed by atoms with van der Waals surface area (Å²) < 4.78 is 37.2. The molecule has 1 aliphatic rings. The third kappa shape index (κ3) is 13.7. The summed E-state index contributed by atoms with van der Waals surface area (Å²) in [5, 5.41) is 11.4. The van der Waals surface area contributed by atoms with Gasteiger partial charge in [-0.1, -0.05) is 107 Å². The summed E-state index contributed by atoms with van der Waals surface area (Å²) >= 11 is 0. The fourth-order valence-corrected chi connectivity index (χ4v) is 7.54. The number of rotatable bonds is 21. The highest BCUT2D eigenvalue weighted by Gasteiger charge is 2.39. The van der Waals surface area contributed by atoms with Crippen molar-refractivity contribution in [1.29, 1.82) is 0 Å². The van der Waals surface area contributed by atoms with Crippen LogP contribution in [-0.2, 0) is 41.4 Å². The molecule has 0 amide bonds. The molecular formula is C44H64O8Si. The molecule has 7 atom stereocenters. The number of ketones is 1. The van der Waals surface area contributed by atoms with Crippen molar-refractivity contribution in [1.82, 2.24) is 0 Å². The average molecular weight is 749 g/mol. The first-order valence-corrected chi connectivity index (χ1v) is 22.2. The van der Waals surface area contributed by atoms with E-state index in [0.29, 0.717) is 39.3 Å². The summed E-state index contributed by atoms with van der Waals surface area (Å²) in [5.74, 6) is 0.260. The van der Waals surface area contributed by atoms with Gasteiger partial charge in [-0.05, 0) is 54.2 Å². The summed E-state index contributed by atoms with van der Waals surface area (Å²) in [6.07, 6.45) is 0.549. The van der Waals surface area contributed by atoms with E-state index in [1.54, 1.807) is 7.11 Å². The van der Waals surface area contributed by atoms with Gasteiger partial charge in [-0.15, -0.1) is 0 Å². The van der Waals surface area contributed by atoms with E-state index in [4.69, 9.17) is 28.1 Å². The number of carbonyl (C=O) groups excluding carboxylic acids is 1. The second kappa shape index (κ2) is 20.7. The zero-order valence-corrected chi connectivity index (χ0v) is 34.3. The minimum atomic E-state index is -2.01. The van der Waals surface area contributed by atoms with Crippen LogP contribution in [0.2, 0.25) is 18.1 Å². The first kappa shape index (κ1) is 42.8. The Morgan fingerprint density at radius 1 is 0.887 bits per heavy atom. The van der Waals surface area contributed by atoms with E-state index in [2.05, 4.69) is 52.9 Å². The number of aliphatic hydroxyl groups excluding tert-OH is 1. The molecule has 0 saturated carbocycles. The van der Waals surface area contributed by atoms with E-state index in [1.165, 1.54) is 0 Å². The van der Waals surface area contributed by atoms with Crippen LogP contribution in [0.1, 0.15) is 89.7 Å². The first-order chi connectivity index (χ1) is 25.3. The zero-order valence-electron chi connectivity index (χ0n) is 33.3. The second-order valence-corrected chi connectivity index (χ2v) is 21.0. The van der Waals surface area contributed by atoms with Crippen LogP contribution in [0.3, 0.4) is 0 Å². The first-order valence-electron chi connectivity index (χ1n) is 19.3. The number of methoxy groups -OCH3 is 1. The average Bonchev–Trinajstić information content (AvgIpc) is 3.14. The van der Waals surface area contributed by atoms with E-state index in [1.807, 2.05) is 79.7 Å². The SMILES string of the molecule is COc1ccc(CO[C@H]([C@H](C)CO[Si](C)(C)C(C)(C)C)[C@H](C)C(=O)C[C@H](O)C[C@@H]2C[C@H](CCCOCc3ccccc3)O[C@H](c3ccccc3)O2)cc1. The number of benzene rings is 3. The molecule has 1 saturated heterocycles. The molecule has 8 nitrogen and oxygen atoms in total. The van der Waals surface area contributed by atoms with Crippen LogP contribution >= 0.6 is 0 Å². The van der Waals surface area contributed by atoms with Crippen LogP contribution in [0.15, 0.2) is 84.9 Å². The molecule has 1 aliphatic heterocycles. The van der Waals surface area contributed by atoms with Crippen molar-refractivity contribution in [2.24, 2.45) is 11.8 Å². The van der Waals surface area contributed by atoms with Crippen molar-refractivity contribution in [3.8, 4) is 5.75 Å². The molecule has 4 rings (SSSR count). The Hall–Kier alpha value is -2.89. The quantitative estimate of drug-likeness (QED) is 0.0851.